The molecule has 9 heteroatoms. The summed E-state index contributed by atoms with van der Waals surface area (Å²) in [5.74, 6) is -0.688. The average molecular weight is 683 g/mol. The minimum atomic E-state index is -0.976. The Morgan fingerprint density at radius 2 is 1.63 bits per heavy atom. The molecule has 1 saturated heterocycles. The topological polar surface area (TPSA) is 111 Å². The molecule has 49 heavy (non-hydrogen) atoms. The van der Waals surface area contributed by atoms with Gasteiger partial charge in [-0.2, -0.15) is 0 Å². The lowest BCUT2D eigenvalue weighted by Gasteiger charge is -2.41. The van der Waals surface area contributed by atoms with Gasteiger partial charge in [0.15, 0.2) is 0 Å². The maximum absolute atomic E-state index is 14.0. The van der Waals surface area contributed by atoms with Crippen LogP contribution in [-0.2, 0) is 16.0 Å². The largest absolute Gasteiger partial charge is 0.390 e. The maximum Gasteiger partial charge on any atom is 0.251 e. The molecule has 1 aliphatic rings. The van der Waals surface area contributed by atoms with E-state index in [1.807, 2.05) is 107 Å². The summed E-state index contributed by atoms with van der Waals surface area (Å²) in [6, 6.07) is 25.3. The fraction of sp³-hybridized carbons (Fsp3) is 0.425. The summed E-state index contributed by atoms with van der Waals surface area (Å²) < 4.78 is 0. The predicted molar refractivity (Wildman–Crippen MR) is 198 cm³/mol. The number of nitrogens with zero attached hydrogens (tertiary/aromatic N) is 1. The van der Waals surface area contributed by atoms with Gasteiger partial charge in [-0.15, -0.1) is 11.3 Å². The molecule has 0 saturated carbocycles. The van der Waals surface area contributed by atoms with Crippen molar-refractivity contribution in [2.75, 3.05) is 13.1 Å². The van der Waals surface area contributed by atoms with Crippen molar-refractivity contribution in [1.82, 2.24) is 20.9 Å². The Bertz CT molecular complexity index is 1700. The standard InChI is InChI=1S/C40H50N4O4S/c1-26(2)36(42-37(46)31-18-17-28-14-9-10-15-29(28)23-31)39(48)41-32(22-27-12-7-6-8-13-27)34(45)25-44-20-19-30(35-16-11-21-49-35)24-33(44)38(47)43-40(3,4)5/h6-18,21,23,26,30,32-34,36,45H,19-20,22,24-25H2,1-5H3,(H,41,48)(H,42,46)(H,43,47)/t30-,32?,33+,34?,36?/m1/s1. The molecule has 4 aromatic rings. The number of piperidine rings is 1. The quantitative estimate of drug-likeness (QED) is 0.149. The SMILES string of the molecule is CC(C)C(NC(=O)c1ccc2ccccc2c1)C(=O)NC(Cc1ccccc1)C(O)CN1CC[C@@H](c2cccs2)C[C@H]1C(=O)NC(C)(C)C. The van der Waals surface area contributed by atoms with E-state index >= 15 is 0 Å². The highest BCUT2D eigenvalue weighted by Gasteiger charge is 2.38. The van der Waals surface area contributed by atoms with Crippen LogP contribution in [0.1, 0.15) is 74.2 Å². The normalized spacial score (nSPS) is 18.8. The van der Waals surface area contributed by atoms with Gasteiger partial charge in [0.1, 0.15) is 6.04 Å². The third-order valence-corrected chi connectivity index (χ3v) is 10.3. The Labute approximate surface area is 294 Å². The molecule has 3 unspecified atom stereocenters. The number of benzene rings is 3. The van der Waals surface area contributed by atoms with Crippen molar-refractivity contribution in [2.45, 2.75) is 89.6 Å². The molecule has 260 valence electrons. The van der Waals surface area contributed by atoms with Crippen LogP contribution >= 0.6 is 11.3 Å². The summed E-state index contributed by atoms with van der Waals surface area (Å²) in [5.41, 5.74) is 1.04. The van der Waals surface area contributed by atoms with Gasteiger partial charge in [0.2, 0.25) is 11.8 Å². The minimum absolute atomic E-state index is 0.0547. The third-order valence-electron chi connectivity index (χ3n) is 9.22. The van der Waals surface area contributed by atoms with Gasteiger partial charge < -0.3 is 21.1 Å². The first-order valence-corrected chi connectivity index (χ1v) is 18.2. The molecule has 1 aromatic heterocycles. The zero-order valence-corrected chi connectivity index (χ0v) is 30.0. The van der Waals surface area contributed by atoms with Gasteiger partial charge in [-0.25, -0.2) is 0 Å². The number of rotatable bonds is 12. The van der Waals surface area contributed by atoms with E-state index in [4.69, 9.17) is 0 Å². The van der Waals surface area contributed by atoms with Gasteiger partial charge in [0.05, 0.1) is 18.2 Å². The molecule has 8 nitrogen and oxygen atoms in total. The van der Waals surface area contributed by atoms with Crippen LogP contribution in [0.15, 0.2) is 90.3 Å². The van der Waals surface area contributed by atoms with Crippen molar-refractivity contribution in [3.63, 3.8) is 0 Å². The molecule has 5 rings (SSSR count). The zero-order chi connectivity index (χ0) is 35.1. The number of thiophene rings is 1. The Hall–Kier alpha value is -4.05. The van der Waals surface area contributed by atoms with Gasteiger partial charge in [-0.05, 0) is 98.3 Å². The van der Waals surface area contributed by atoms with E-state index in [0.717, 1.165) is 22.8 Å². The molecular formula is C40H50N4O4S. The monoisotopic (exact) mass is 682 g/mol. The lowest BCUT2D eigenvalue weighted by molar-refractivity contribution is -0.131. The lowest BCUT2D eigenvalue weighted by Crippen LogP contribution is -2.59. The van der Waals surface area contributed by atoms with Crippen molar-refractivity contribution < 1.29 is 19.5 Å². The minimum Gasteiger partial charge on any atom is -0.390 e. The lowest BCUT2D eigenvalue weighted by atomic mass is 9.88. The van der Waals surface area contributed by atoms with Gasteiger partial charge in [-0.3, -0.25) is 19.3 Å². The summed E-state index contributed by atoms with van der Waals surface area (Å²) >= 11 is 1.72. The van der Waals surface area contributed by atoms with Crippen molar-refractivity contribution in [1.29, 1.82) is 0 Å². The second-order valence-corrected chi connectivity index (χ2v) is 15.6. The molecular weight excluding hydrogens is 633 g/mol. The van der Waals surface area contributed by atoms with Crippen LogP contribution in [0.25, 0.3) is 10.8 Å². The van der Waals surface area contributed by atoms with E-state index in [1.54, 1.807) is 17.4 Å². The van der Waals surface area contributed by atoms with Gasteiger partial charge in [0, 0.05) is 22.5 Å². The molecule has 1 fully saturated rings. The Morgan fingerprint density at radius 3 is 2.31 bits per heavy atom. The van der Waals surface area contributed by atoms with Crippen LogP contribution in [0.3, 0.4) is 0 Å². The summed E-state index contributed by atoms with van der Waals surface area (Å²) in [4.78, 5) is 44.4. The van der Waals surface area contributed by atoms with Crippen molar-refractivity contribution in [3.05, 3.63) is 106 Å². The number of carbonyl (C=O) groups excluding carboxylic acids is 3. The number of likely N-dealkylation sites (tertiary alicyclic amines) is 1. The summed E-state index contributed by atoms with van der Waals surface area (Å²) in [5, 5.41) is 25.1. The number of hydrogen-bond donors (Lipinski definition) is 4. The van der Waals surface area contributed by atoms with Crippen LogP contribution in [0.2, 0.25) is 0 Å². The van der Waals surface area contributed by atoms with Gasteiger partial charge in [0.25, 0.3) is 5.91 Å². The molecule has 1 aliphatic heterocycles. The molecule has 0 spiro atoms. The fourth-order valence-corrected chi connectivity index (χ4v) is 7.50. The number of aliphatic hydroxyl groups is 1. The van der Waals surface area contributed by atoms with E-state index in [1.165, 1.54) is 4.88 Å². The van der Waals surface area contributed by atoms with Crippen LogP contribution < -0.4 is 16.0 Å². The Morgan fingerprint density at radius 1 is 0.918 bits per heavy atom. The predicted octanol–water partition coefficient (Wildman–Crippen LogP) is 5.91. The van der Waals surface area contributed by atoms with E-state index in [0.29, 0.717) is 24.9 Å². The molecule has 3 amide bonds. The van der Waals surface area contributed by atoms with E-state index in [2.05, 4.69) is 32.3 Å². The molecule has 0 aliphatic carbocycles. The van der Waals surface area contributed by atoms with E-state index in [-0.39, 0.29) is 36.1 Å². The first kappa shape index (κ1) is 36.2. The number of nitrogens with one attached hydrogen (secondary N) is 3. The maximum atomic E-state index is 14.0. The molecule has 3 aromatic carbocycles. The number of aliphatic hydroxyl groups excluding tert-OH is 1. The Balaban J connectivity index is 1.34. The summed E-state index contributed by atoms with van der Waals surface area (Å²) in [6.07, 6.45) is 0.942. The smallest absolute Gasteiger partial charge is 0.251 e. The molecule has 0 radical (unpaired) electrons. The van der Waals surface area contributed by atoms with Crippen LogP contribution in [0.4, 0.5) is 0 Å². The number of carbonyl (C=O) groups is 3. The van der Waals surface area contributed by atoms with Gasteiger partial charge in [-0.1, -0.05) is 80.6 Å². The van der Waals surface area contributed by atoms with Crippen LogP contribution in [-0.4, -0.2) is 70.6 Å². The van der Waals surface area contributed by atoms with Crippen molar-refractivity contribution in [2.24, 2.45) is 5.92 Å². The fourth-order valence-electron chi connectivity index (χ4n) is 6.62. The number of amides is 3. The molecule has 0 bridgehead atoms. The van der Waals surface area contributed by atoms with Crippen LogP contribution in [0, 0.1) is 5.92 Å². The van der Waals surface area contributed by atoms with Crippen LogP contribution in [0.5, 0.6) is 0 Å². The van der Waals surface area contributed by atoms with Crippen molar-refractivity contribution >= 4 is 39.8 Å². The summed E-state index contributed by atoms with van der Waals surface area (Å²) in [7, 11) is 0. The second kappa shape index (κ2) is 16.1. The zero-order valence-electron chi connectivity index (χ0n) is 29.2. The van der Waals surface area contributed by atoms with E-state index in [9.17, 15) is 19.5 Å². The first-order chi connectivity index (χ1) is 23.4. The highest BCUT2D eigenvalue weighted by Crippen LogP contribution is 2.34. The molecule has 2 heterocycles. The number of hydrogen-bond acceptors (Lipinski definition) is 6. The van der Waals surface area contributed by atoms with Crippen molar-refractivity contribution in [3.8, 4) is 0 Å². The van der Waals surface area contributed by atoms with Gasteiger partial charge >= 0.3 is 0 Å². The first-order valence-electron chi connectivity index (χ1n) is 17.3. The molecule has 4 N–H and O–H groups in total. The Kier molecular flexibility index (Phi) is 11.9. The number of fused-ring (bicyclic) bond motifs is 1. The summed E-state index contributed by atoms with van der Waals surface area (Å²) in [6.45, 7) is 10.6. The highest BCUT2D eigenvalue weighted by molar-refractivity contribution is 7.10. The number of β-amino-alcohol motifs (C(OH)–C–C–N with tert-alkyl or cyclic N) is 1. The average Bonchev–Trinajstić information content (AvgIpc) is 3.61. The highest BCUT2D eigenvalue weighted by atomic mass is 32.1. The molecule has 5 atom stereocenters. The second-order valence-electron chi connectivity index (χ2n) is 14.6. The van der Waals surface area contributed by atoms with E-state index < -0.39 is 29.8 Å². The third kappa shape index (κ3) is 9.78.